The molecule has 2 unspecified atom stereocenters. The molecule has 162 valence electrons. The summed E-state index contributed by atoms with van der Waals surface area (Å²) in [4.78, 5) is 14.6. The Balaban J connectivity index is 1.67. The molecule has 0 radical (unpaired) electrons. The minimum absolute atomic E-state index is 0.0340. The second-order valence-electron chi connectivity index (χ2n) is 8.52. The van der Waals surface area contributed by atoms with Gasteiger partial charge in [0.25, 0.3) is 5.56 Å². The van der Waals surface area contributed by atoms with Gasteiger partial charge in [0.1, 0.15) is 5.75 Å². The van der Waals surface area contributed by atoms with E-state index in [9.17, 15) is 4.79 Å². The van der Waals surface area contributed by atoms with Crippen molar-refractivity contribution in [2.24, 2.45) is 0 Å². The van der Waals surface area contributed by atoms with Gasteiger partial charge in [-0.3, -0.25) is 4.79 Å². The lowest BCUT2D eigenvalue weighted by Gasteiger charge is -2.35. The van der Waals surface area contributed by atoms with Gasteiger partial charge in [0, 0.05) is 17.6 Å². The van der Waals surface area contributed by atoms with Gasteiger partial charge in [-0.2, -0.15) is 5.10 Å². The van der Waals surface area contributed by atoms with Crippen LogP contribution in [0.25, 0.3) is 10.8 Å². The minimum Gasteiger partial charge on any atom is -0.497 e. The lowest BCUT2D eigenvalue weighted by molar-refractivity contribution is 0.402. The predicted molar refractivity (Wildman–Crippen MR) is 127 cm³/mol. The maximum absolute atomic E-state index is 12.5. The highest BCUT2D eigenvalue weighted by Crippen LogP contribution is 2.46. The van der Waals surface area contributed by atoms with E-state index in [0.717, 1.165) is 34.6 Å². The molecule has 5 rings (SSSR count). The maximum atomic E-state index is 12.5. The minimum atomic E-state index is -0.174. The smallest absolute Gasteiger partial charge is 0.272 e. The van der Waals surface area contributed by atoms with Crippen molar-refractivity contribution in [3.05, 3.63) is 99.5 Å². The van der Waals surface area contributed by atoms with Crippen molar-refractivity contribution in [1.29, 1.82) is 0 Å². The molecule has 0 spiro atoms. The molecular formula is C26H26N4O2. The summed E-state index contributed by atoms with van der Waals surface area (Å²) in [7, 11) is 5.80. The summed E-state index contributed by atoms with van der Waals surface area (Å²) in [6.07, 6.45) is 0. The average molecular weight is 427 g/mol. The first-order valence-electron chi connectivity index (χ1n) is 10.7. The van der Waals surface area contributed by atoms with Crippen LogP contribution in [0.2, 0.25) is 0 Å². The van der Waals surface area contributed by atoms with Gasteiger partial charge < -0.3 is 15.0 Å². The third kappa shape index (κ3) is 3.52. The summed E-state index contributed by atoms with van der Waals surface area (Å²) in [5.74, 6) is 0.733. The summed E-state index contributed by atoms with van der Waals surface area (Å²) in [5.41, 5.74) is 5.18. The molecule has 1 aliphatic heterocycles. The number of benzene rings is 3. The number of aromatic amines is 1. The fraction of sp³-hybridized carbons (Fsp3) is 0.231. The first-order valence-corrected chi connectivity index (χ1v) is 10.7. The van der Waals surface area contributed by atoms with E-state index in [2.05, 4.69) is 70.9 Å². The Morgan fingerprint density at radius 1 is 0.969 bits per heavy atom. The molecule has 4 aromatic rings. The quantitative estimate of drug-likeness (QED) is 0.498. The monoisotopic (exact) mass is 426 g/mol. The van der Waals surface area contributed by atoms with E-state index in [-0.39, 0.29) is 17.5 Å². The van der Waals surface area contributed by atoms with E-state index in [1.165, 1.54) is 11.1 Å². The molecule has 0 bridgehead atoms. The molecule has 6 nitrogen and oxygen atoms in total. The Morgan fingerprint density at radius 2 is 1.69 bits per heavy atom. The second kappa shape index (κ2) is 8.13. The Bertz CT molecular complexity index is 1310. The molecular weight excluding hydrogens is 400 g/mol. The summed E-state index contributed by atoms with van der Waals surface area (Å²) >= 11 is 0. The lowest BCUT2D eigenvalue weighted by atomic mass is 9.80. The van der Waals surface area contributed by atoms with Crippen molar-refractivity contribution in [1.82, 2.24) is 15.1 Å². The Morgan fingerprint density at radius 3 is 2.38 bits per heavy atom. The van der Waals surface area contributed by atoms with Crippen molar-refractivity contribution < 1.29 is 4.74 Å². The second-order valence-corrected chi connectivity index (χ2v) is 8.52. The first-order chi connectivity index (χ1) is 15.5. The van der Waals surface area contributed by atoms with Crippen molar-refractivity contribution in [3.8, 4) is 5.75 Å². The highest BCUT2D eigenvalue weighted by Gasteiger charge is 2.34. The number of hydrogen-bond donors (Lipinski definition) is 2. The summed E-state index contributed by atoms with van der Waals surface area (Å²) < 4.78 is 5.36. The molecule has 1 aromatic heterocycles. The Hall–Kier alpha value is -3.64. The number of nitrogens with one attached hydrogen (secondary N) is 2. The zero-order chi connectivity index (χ0) is 22.2. The van der Waals surface area contributed by atoms with Crippen molar-refractivity contribution in [3.63, 3.8) is 0 Å². The van der Waals surface area contributed by atoms with Gasteiger partial charge in [0.05, 0.1) is 30.1 Å². The van der Waals surface area contributed by atoms with E-state index in [4.69, 9.17) is 4.74 Å². The van der Waals surface area contributed by atoms with Gasteiger partial charge in [-0.25, -0.2) is 5.10 Å². The van der Waals surface area contributed by atoms with Crippen LogP contribution in [-0.2, 0) is 6.54 Å². The van der Waals surface area contributed by atoms with E-state index in [1.807, 2.05) is 30.3 Å². The molecule has 1 aliphatic rings. The number of ether oxygens (including phenoxy) is 1. The molecule has 6 heteroatoms. The van der Waals surface area contributed by atoms with Crippen LogP contribution in [0.15, 0.2) is 71.5 Å². The van der Waals surface area contributed by atoms with E-state index >= 15 is 0 Å². The number of rotatable bonds is 5. The molecule has 0 aliphatic carbocycles. The molecule has 0 saturated carbocycles. The number of aromatic nitrogens is 2. The van der Waals surface area contributed by atoms with Crippen LogP contribution in [0.1, 0.15) is 34.3 Å². The van der Waals surface area contributed by atoms with Gasteiger partial charge in [-0.05, 0) is 55.1 Å². The topological polar surface area (TPSA) is 70.2 Å². The van der Waals surface area contributed by atoms with Crippen LogP contribution in [0.3, 0.4) is 0 Å². The Kier molecular flexibility index (Phi) is 5.15. The number of H-pyrrole nitrogens is 1. The fourth-order valence-corrected chi connectivity index (χ4v) is 4.63. The maximum Gasteiger partial charge on any atom is 0.272 e. The normalized spacial score (nSPS) is 17.4. The fourth-order valence-electron chi connectivity index (χ4n) is 4.63. The standard InChI is InChI=1S/C26H26N4O2/c1-30(2)15-16-7-9-18(10-8-16)24-22(17-11-13-19(32-3)14-12-17)25-23-20(26(31)29-28-25)5-4-6-21(23)27-24/h4-14,22,24,27H,15H2,1-3H3,(H,29,31). The van der Waals surface area contributed by atoms with E-state index < -0.39 is 0 Å². The van der Waals surface area contributed by atoms with Crippen molar-refractivity contribution >= 4 is 16.5 Å². The van der Waals surface area contributed by atoms with Crippen LogP contribution < -0.4 is 15.6 Å². The largest absolute Gasteiger partial charge is 0.497 e. The molecule has 3 aromatic carbocycles. The zero-order valence-electron chi connectivity index (χ0n) is 18.4. The number of methoxy groups -OCH3 is 1. The lowest BCUT2D eigenvalue weighted by Crippen LogP contribution is -2.28. The predicted octanol–water partition coefficient (Wildman–Crippen LogP) is 4.29. The van der Waals surface area contributed by atoms with Crippen LogP contribution in [-0.4, -0.2) is 36.3 Å². The highest BCUT2D eigenvalue weighted by atomic mass is 16.5. The van der Waals surface area contributed by atoms with Gasteiger partial charge in [-0.1, -0.05) is 42.5 Å². The third-order valence-corrected chi connectivity index (χ3v) is 6.09. The molecule has 0 saturated heterocycles. The van der Waals surface area contributed by atoms with E-state index in [0.29, 0.717) is 5.39 Å². The summed E-state index contributed by atoms with van der Waals surface area (Å²) in [6.45, 7) is 0.894. The molecule has 2 heterocycles. The van der Waals surface area contributed by atoms with Crippen molar-refractivity contribution in [2.75, 3.05) is 26.5 Å². The van der Waals surface area contributed by atoms with Gasteiger partial charge >= 0.3 is 0 Å². The van der Waals surface area contributed by atoms with Gasteiger partial charge in [0.15, 0.2) is 0 Å². The third-order valence-electron chi connectivity index (χ3n) is 6.09. The number of anilines is 1. The number of nitrogens with zero attached hydrogens (tertiary/aromatic N) is 2. The van der Waals surface area contributed by atoms with Crippen LogP contribution in [0.5, 0.6) is 5.75 Å². The molecule has 0 amide bonds. The molecule has 32 heavy (non-hydrogen) atoms. The van der Waals surface area contributed by atoms with E-state index in [1.54, 1.807) is 7.11 Å². The number of hydrogen-bond acceptors (Lipinski definition) is 5. The van der Waals surface area contributed by atoms with Crippen LogP contribution >= 0.6 is 0 Å². The summed E-state index contributed by atoms with van der Waals surface area (Å²) in [5, 5.41) is 12.5. The molecule has 0 fully saturated rings. The summed E-state index contributed by atoms with van der Waals surface area (Å²) in [6, 6.07) is 22.6. The van der Waals surface area contributed by atoms with Crippen LogP contribution in [0.4, 0.5) is 5.69 Å². The highest BCUT2D eigenvalue weighted by molar-refractivity contribution is 5.97. The van der Waals surface area contributed by atoms with Gasteiger partial charge in [0.2, 0.25) is 0 Å². The first kappa shape index (κ1) is 20.3. The molecule has 2 atom stereocenters. The van der Waals surface area contributed by atoms with Gasteiger partial charge in [-0.15, -0.1) is 0 Å². The molecule has 2 N–H and O–H groups in total. The van der Waals surface area contributed by atoms with Crippen molar-refractivity contribution in [2.45, 2.75) is 18.5 Å². The SMILES string of the molecule is COc1ccc(C2c3n[nH]c(=O)c4cccc(c34)NC2c2ccc(CN(C)C)cc2)cc1. The zero-order valence-corrected chi connectivity index (χ0v) is 18.4. The Labute approximate surface area is 186 Å². The average Bonchev–Trinajstić information content (AvgIpc) is 2.81. The van der Waals surface area contributed by atoms with Crippen LogP contribution in [0, 0.1) is 0 Å².